The molecule has 2 aliphatic heterocycles. The van der Waals surface area contributed by atoms with Gasteiger partial charge in [-0.15, -0.1) is 0 Å². The first-order valence-corrected chi connectivity index (χ1v) is 5.79. The molecule has 0 aliphatic carbocycles. The van der Waals surface area contributed by atoms with Gasteiger partial charge in [0.1, 0.15) is 6.04 Å². The standard InChI is InChI=1S/C11H15N3O4/c1-11(2,9(15)16)18-14-8-4-3-7(5-12)13(6-8)10(14)17/h7-8H,3-4,6H2,1-2H3,(H,15,16)/t7-,8+/m0/s1. The van der Waals surface area contributed by atoms with E-state index in [1.54, 1.807) is 0 Å². The lowest BCUT2D eigenvalue weighted by Crippen LogP contribution is -2.45. The van der Waals surface area contributed by atoms with E-state index in [-0.39, 0.29) is 6.04 Å². The molecule has 0 saturated carbocycles. The number of carbonyl (C=O) groups excluding carboxylic acids is 1. The lowest BCUT2D eigenvalue weighted by Gasteiger charge is -2.29. The Labute approximate surface area is 104 Å². The predicted molar refractivity (Wildman–Crippen MR) is 59.2 cm³/mol. The largest absolute Gasteiger partial charge is 0.479 e. The Bertz CT molecular complexity index is 428. The molecule has 2 amide bonds. The van der Waals surface area contributed by atoms with E-state index >= 15 is 0 Å². The molecule has 0 unspecified atom stereocenters. The van der Waals surface area contributed by atoms with E-state index < -0.39 is 23.6 Å². The zero-order valence-corrected chi connectivity index (χ0v) is 10.3. The molecule has 2 rings (SSSR count). The Hall–Kier alpha value is -1.81. The fourth-order valence-electron chi connectivity index (χ4n) is 2.17. The smallest absolute Gasteiger partial charge is 0.345 e. The van der Waals surface area contributed by atoms with Crippen molar-refractivity contribution < 1.29 is 19.5 Å². The van der Waals surface area contributed by atoms with Crippen molar-refractivity contribution in [1.82, 2.24) is 9.96 Å². The van der Waals surface area contributed by atoms with Gasteiger partial charge in [0, 0.05) is 6.54 Å². The van der Waals surface area contributed by atoms with Gasteiger partial charge in [0.15, 0.2) is 5.60 Å². The van der Waals surface area contributed by atoms with Gasteiger partial charge in [0.25, 0.3) is 0 Å². The van der Waals surface area contributed by atoms with Gasteiger partial charge in [-0.05, 0) is 26.7 Å². The number of nitriles is 1. The molecular weight excluding hydrogens is 238 g/mol. The molecule has 1 N–H and O–H groups in total. The molecule has 7 heteroatoms. The molecule has 2 saturated heterocycles. The minimum atomic E-state index is -1.46. The van der Waals surface area contributed by atoms with Crippen LogP contribution in [0.4, 0.5) is 4.79 Å². The second-order valence-electron chi connectivity index (χ2n) is 5.04. The molecule has 0 spiro atoms. The fraction of sp³-hybridized carbons (Fsp3) is 0.727. The lowest BCUT2D eigenvalue weighted by atomic mass is 10.0. The van der Waals surface area contributed by atoms with E-state index in [2.05, 4.69) is 6.07 Å². The quantitative estimate of drug-likeness (QED) is 0.793. The minimum Gasteiger partial charge on any atom is -0.479 e. The van der Waals surface area contributed by atoms with Crippen LogP contribution in [0.2, 0.25) is 0 Å². The summed E-state index contributed by atoms with van der Waals surface area (Å²) in [6.45, 7) is 3.21. The van der Waals surface area contributed by atoms with Crippen molar-refractivity contribution in [3.8, 4) is 6.07 Å². The van der Waals surface area contributed by atoms with Crippen molar-refractivity contribution >= 4 is 12.0 Å². The van der Waals surface area contributed by atoms with Gasteiger partial charge in [0.2, 0.25) is 0 Å². The Morgan fingerprint density at radius 1 is 1.56 bits per heavy atom. The number of urea groups is 1. The zero-order chi connectivity index (χ0) is 13.5. The SMILES string of the molecule is CC(C)(ON1C(=O)N2C[C@H]1CC[C@H]2C#N)C(=O)O. The monoisotopic (exact) mass is 253 g/mol. The number of nitrogens with zero attached hydrogens (tertiary/aromatic N) is 3. The number of amides is 2. The molecule has 2 fully saturated rings. The summed E-state index contributed by atoms with van der Waals surface area (Å²) in [6.07, 6.45) is 1.25. The molecule has 0 aromatic heterocycles. The molecule has 2 bridgehead atoms. The highest BCUT2D eigenvalue weighted by Crippen LogP contribution is 2.31. The third-order valence-corrected chi connectivity index (χ3v) is 3.31. The number of hydroxylamine groups is 2. The minimum absolute atomic E-state index is 0.166. The molecule has 98 valence electrons. The first-order chi connectivity index (χ1) is 8.36. The van der Waals surface area contributed by atoms with Crippen LogP contribution in [0, 0.1) is 11.3 Å². The summed E-state index contributed by atoms with van der Waals surface area (Å²) in [4.78, 5) is 29.8. The number of hydrogen-bond donors (Lipinski definition) is 1. The number of aliphatic carboxylic acids is 1. The summed E-state index contributed by atoms with van der Waals surface area (Å²) in [5.74, 6) is -1.14. The molecule has 2 aliphatic rings. The molecule has 18 heavy (non-hydrogen) atoms. The number of fused-ring (bicyclic) bond motifs is 2. The highest BCUT2D eigenvalue weighted by molar-refractivity contribution is 5.79. The van der Waals surface area contributed by atoms with Gasteiger partial charge >= 0.3 is 12.0 Å². The summed E-state index contributed by atoms with van der Waals surface area (Å²) >= 11 is 0. The molecule has 2 atom stereocenters. The van der Waals surface area contributed by atoms with Crippen LogP contribution in [-0.4, -0.2) is 51.3 Å². The van der Waals surface area contributed by atoms with Crippen LogP contribution < -0.4 is 0 Å². The molecule has 0 aromatic rings. The van der Waals surface area contributed by atoms with Crippen LogP contribution >= 0.6 is 0 Å². The number of piperidine rings is 1. The third-order valence-electron chi connectivity index (χ3n) is 3.31. The second-order valence-corrected chi connectivity index (χ2v) is 5.04. The van der Waals surface area contributed by atoms with E-state index in [4.69, 9.17) is 15.2 Å². The van der Waals surface area contributed by atoms with E-state index in [0.717, 1.165) is 5.06 Å². The lowest BCUT2D eigenvalue weighted by molar-refractivity contribution is -0.221. The second kappa shape index (κ2) is 4.14. The normalized spacial score (nSPS) is 27.3. The Balaban J connectivity index is 2.15. The highest BCUT2D eigenvalue weighted by Gasteiger charge is 2.48. The van der Waals surface area contributed by atoms with Crippen molar-refractivity contribution in [3.63, 3.8) is 0 Å². The van der Waals surface area contributed by atoms with Crippen molar-refractivity contribution in [3.05, 3.63) is 0 Å². The summed E-state index contributed by atoms with van der Waals surface area (Å²) in [5, 5.41) is 19.1. The Kier molecular flexibility index (Phi) is 2.91. The third kappa shape index (κ3) is 1.88. The summed E-state index contributed by atoms with van der Waals surface area (Å²) < 4.78 is 0. The van der Waals surface area contributed by atoms with Crippen LogP contribution in [0.15, 0.2) is 0 Å². The molecule has 7 nitrogen and oxygen atoms in total. The van der Waals surface area contributed by atoms with E-state index in [1.165, 1.54) is 18.7 Å². The average molecular weight is 253 g/mol. The number of rotatable bonds is 3. The van der Waals surface area contributed by atoms with Crippen molar-refractivity contribution in [2.75, 3.05) is 6.54 Å². The summed E-state index contributed by atoms with van der Waals surface area (Å²) in [7, 11) is 0. The number of carbonyl (C=O) groups is 2. The van der Waals surface area contributed by atoms with E-state index in [1.807, 2.05) is 0 Å². The predicted octanol–water partition coefficient (Wildman–Crippen LogP) is 0.573. The van der Waals surface area contributed by atoms with Crippen molar-refractivity contribution in [2.45, 2.75) is 44.4 Å². The molecule has 0 aromatic carbocycles. The summed E-state index contributed by atoms with van der Waals surface area (Å²) in [6, 6.07) is 1.06. The van der Waals surface area contributed by atoms with E-state index in [9.17, 15) is 9.59 Å². The maximum absolute atomic E-state index is 12.0. The van der Waals surface area contributed by atoms with Crippen LogP contribution in [0.25, 0.3) is 0 Å². The number of carboxylic acids is 1. The summed E-state index contributed by atoms with van der Waals surface area (Å²) in [5.41, 5.74) is -1.46. The number of hydrogen-bond acceptors (Lipinski definition) is 4. The molecule has 2 heterocycles. The van der Waals surface area contributed by atoms with Crippen LogP contribution in [0.1, 0.15) is 26.7 Å². The van der Waals surface area contributed by atoms with Crippen LogP contribution in [0.3, 0.4) is 0 Å². The molecular formula is C11H15N3O4. The molecule has 0 radical (unpaired) electrons. The van der Waals surface area contributed by atoms with Gasteiger partial charge in [-0.3, -0.25) is 4.84 Å². The zero-order valence-electron chi connectivity index (χ0n) is 10.3. The maximum Gasteiger partial charge on any atom is 0.345 e. The Morgan fingerprint density at radius 3 is 2.78 bits per heavy atom. The van der Waals surface area contributed by atoms with Gasteiger partial charge < -0.3 is 10.0 Å². The first-order valence-electron chi connectivity index (χ1n) is 5.79. The highest BCUT2D eigenvalue weighted by atomic mass is 16.7. The van der Waals surface area contributed by atoms with E-state index in [0.29, 0.717) is 19.4 Å². The topological polar surface area (TPSA) is 93.9 Å². The maximum atomic E-state index is 12.0. The van der Waals surface area contributed by atoms with Crippen molar-refractivity contribution in [2.24, 2.45) is 0 Å². The van der Waals surface area contributed by atoms with Gasteiger partial charge in [-0.2, -0.15) is 10.3 Å². The fourth-order valence-corrected chi connectivity index (χ4v) is 2.17. The van der Waals surface area contributed by atoms with Gasteiger partial charge in [0.05, 0.1) is 12.1 Å². The van der Waals surface area contributed by atoms with Crippen LogP contribution in [0.5, 0.6) is 0 Å². The van der Waals surface area contributed by atoms with Gasteiger partial charge in [-0.1, -0.05) is 0 Å². The Morgan fingerprint density at radius 2 is 2.22 bits per heavy atom. The first kappa shape index (κ1) is 12.6. The van der Waals surface area contributed by atoms with Crippen molar-refractivity contribution in [1.29, 1.82) is 5.26 Å². The average Bonchev–Trinajstić information content (AvgIpc) is 2.55. The number of carboxylic acid groups (broad SMARTS) is 1. The van der Waals surface area contributed by atoms with Gasteiger partial charge in [-0.25, -0.2) is 9.59 Å². The van der Waals surface area contributed by atoms with Crippen LogP contribution in [-0.2, 0) is 9.63 Å².